The number of rotatable bonds is 6. The van der Waals surface area contributed by atoms with Crippen LogP contribution in [0, 0.1) is 27.8 Å². The fourth-order valence-corrected chi connectivity index (χ4v) is 1.59. The summed E-state index contributed by atoms with van der Waals surface area (Å²) >= 11 is 0. The van der Waals surface area contributed by atoms with Crippen LogP contribution in [0.5, 0.6) is 0 Å². The van der Waals surface area contributed by atoms with E-state index in [1.807, 2.05) is 0 Å². The van der Waals surface area contributed by atoms with E-state index in [-0.39, 0.29) is 23.8 Å². The van der Waals surface area contributed by atoms with Crippen LogP contribution < -0.4 is 5.32 Å². The van der Waals surface area contributed by atoms with E-state index in [9.17, 15) is 19.3 Å². The van der Waals surface area contributed by atoms with Crippen LogP contribution in [-0.2, 0) is 4.79 Å². The van der Waals surface area contributed by atoms with Gasteiger partial charge in [0.15, 0.2) is 5.82 Å². The SMILES string of the molecule is CC(C)C(CNc1ccc([N+](=O)[O-])cc1F)C(=O)O. The summed E-state index contributed by atoms with van der Waals surface area (Å²) in [6.45, 7) is 3.57. The topological polar surface area (TPSA) is 92.5 Å². The molecule has 104 valence electrons. The average molecular weight is 270 g/mol. The highest BCUT2D eigenvalue weighted by atomic mass is 19.1. The lowest BCUT2D eigenvalue weighted by Gasteiger charge is -2.17. The van der Waals surface area contributed by atoms with Crippen LogP contribution >= 0.6 is 0 Å². The van der Waals surface area contributed by atoms with Crippen molar-refractivity contribution in [3.8, 4) is 0 Å². The number of aliphatic carboxylic acids is 1. The number of nitrogens with zero attached hydrogens (tertiary/aromatic N) is 1. The molecule has 0 aliphatic carbocycles. The number of non-ortho nitro benzene ring substituents is 1. The zero-order valence-corrected chi connectivity index (χ0v) is 10.6. The first-order chi connectivity index (χ1) is 8.82. The normalized spacial score (nSPS) is 12.2. The molecule has 0 saturated carbocycles. The average Bonchev–Trinajstić information content (AvgIpc) is 2.29. The molecule has 1 rings (SSSR count). The summed E-state index contributed by atoms with van der Waals surface area (Å²) in [6, 6.07) is 3.19. The summed E-state index contributed by atoms with van der Waals surface area (Å²) in [4.78, 5) is 20.7. The molecule has 2 N–H and O–H groups in total. The predicted molar refractivity (Wildman–Crippen MR) is 67.5 cm³/mol. The molecule has 0 bridgehead atoms. The number of hydrogen-bond acceptors (Lipinski definition) is 4. The summed E-state index contributed by atoms with van der Waals surface area (Å²) in [6.07, 6.45) is 0. The van der Waals surface area contributed by atoms with Crippen molar-refractivity contribution in [2.75, 3.05) is 11.9 Å². The maximum Gasteiger partial charge on any atom is 0.308 e. The highest BCUT2D eigenvalue weighted by Gasteiger charge is 2.21. The van der Waals surface area contributed by atoms with Crippen molar-refractivity contribution in [1.29, 1.82) is 0 Å². The van der Waals surface area contributed by atoms with Crippen LogP contribution in [0.25, 0.3) is 0 Å². The van der Waals surface area contributed by atoms with Crippen LogP contribution in [-0.4, -0.2) is 22.5 Å². The van der Waals surface area contributed by atoms with Crippen molar-refractivity contribution >= 4 is 17.3 Å². The van der Waals surface area contributed by atoms with Crippen molar-refractivity contribution in [2.45, 2.75) is 13.8 Å². The van der Waals surface area contributed by atoms with Crippen molar-refractivity contribution in [1.82, 2.24) is 0 Å². The molecule has 1 atom stereocenters. The van der Waals surface area contributed by atoms with Gasteiger partial charge in [-0.2, -0.15) is 0 Å². The van der Waals surface area contributed by atoms with E-state index in [2.05, 4.69) is 5.32 Å². The summed E-state index contributed by atoms with van der Waals surface area (Å²) in [5.74, 6) is -2.51. The summed E-state index contributed by atoms with van der Waals surface area (Å²) < 4.78 is 13.5. The first-order valence-corrected chi connectivity index (χ1v) is 5.73. The number of nitro groups is 1. The Morgan fingerprint density at radius 1 is 1.53 bits per heavy atom. The van der Waals surface area contributed by atoms with Gasteiger partial charge in [0.05, 0.1) is 22.6 Å². The molecule has 0 fully saturated rings. The smallest absolute Gasteiger partial charge is 0.308 e. The van der Waals surface area contributed by atoms with E-state index >= 15 is 0 Å². The molecule has 0 aliphatic heterocycles. The number of carboxylic acid groups (broad SMARTS) is 1. The molecule has 0 saturated heterocycles. The molecule has 19 heavy (non-hydrogen) atoms. The molecular weight excluding hydrogens is 255 g/mol. The van der Waals surface area contributed by atoms with Crippen LogP contribution in [0.3, 0.4) is 0 Å². The Morgan fingerprint density at radius 3 is 2.58 bits per heavy atom. The number of halogens is 1. The van der Waals surface area contributed by atoms with Crippen molar-refractivity contribution in [2.24, 2.45) is 11.8 Å². The summed E-state index contributed by atoms with van der Waals surface area (Å²) in [5.41, 5.74) is -0.292. The second kappa shape index (κ2) is 6.12. The van der Waals surface area contributed by atoms with Gasteiger partial charge in [-0.1, -0.05) is 13.8 Å². The number of nitro benzene ring substituents is 1. The molecule has 7 heteroatoms. The van der Waals surface area contributed by atoms with Crippen LogP contribution in [0.1, 0.15) is 13.8 Å². The zero-order valence-electron chi connectivity index (χ0n) is 10.6. The highest BCUT2D eigenvalue weighted by Crippen LogP contribution is 2.21. The number of benzene rings is 1. The van der Waals surface area contributed by atoms with E-state index in [1.165, 1.54) is 6.07 Å². The van der Waals surface area contributed by atoms with E-state index in [0.29, 0.717) is 0 Å². The minimum Gasteiger partial charge on any atom is -0.481 e. The predicted octanol–water partition coefficient (Wildman–Crippen LogP) is 2.50. The van der Waals surface area contributed by atoms with E-state index in [4.69, 9.17) is 5.11 Å². The maximum absolute atomic E-state index is 13.5. The van der Waals surface area contributed by atoms with Crippen LogP contribution in [0.2, 0.25) is 0 Å². The fraction of sp³-hybridized carbons (Fsp3) is 0.417. The third kappa shape index (κ3) is 3.90. The third-order valence-corrected chi connectivity index (χ3v) is 2.80. The molecule has 1 aromatic carbocycles. The molecule has 6 nitrogen and oxygen atoms in total. The molecule has 0 radical (unpaired) electrons. The molecule has 0 aliphatic rings. The Kier molecular flexibility index (Phi) is 4.80. The van der Waals surface area contributed by atoms with Gasteiger partial charge in [-0.3, -0.25) is 14.9 Å². The molecule has 1 unspecified atom stereocenters. The zero-order chi connectivity index (χ0) is 14.6. The van der Waals surface area contributed by atoms with Gasteiger partial charge in [-0.25, -0.2) is 4.39 Å². The van der Waals surface area contributed by atoms with Gasteiger partial charge in [0.1, 0.15) is 0 Å². The summed E-state index contributed by atoms with van der Waals surface area (Å²) in [5, 5.41) is 22.1. The second-order valence-electron chi connectivity index (χ2n) is 4.49. The van der Waals surface area contributed by atoms with Gasteiger partial charge in [-0.15, -0.1) is 0 Å². The number of carbonyl (C=O) groups is 1. The van der Waals surface area contributed by atoms with Crippen LogP contribution in [0.4, 0.5) is 15.8 Å². The van der Waals surface area contributed by atoms with Gasteiger partial charge in [0, 0.05) is 12.6 Å². The number of carboxylic acids is 1. The summed E-state index contributed by atoms with van der Waals surface area (Å²) in [7, 11) is 0. The maximum atomic E-state index is 13.5. The molecule has 0 spiro atoms. The monoisotopic (exact) mass is 270 g/mol. The minimum atomic E-state index is -0.968. The van der Waals surface area contributed by atoms with Crippen molar-refractivity contribution < 1.29 is 19.2 Å². The lowest BCUT2D eigenvalue weighted by atomic mass is 9.96. The van der Waals surface area contributed by atoms with Gasteiger partial charge in [0.25, 0.3) is 5.69 Å². The third-order valence-electron chi connectivity index (χ3n) is 2.80. The Labute approximate surface area is 109 Å². The number of nitrogens with one attached hydrogen (secondary N) is 1. The van der Waals surface area contributed by atoms with Crippen molar-refractivity contribution in [3.63, 3.8) is 0 Å². The lowest BCUT2D eigenvalue weighted by molar-refractivity contribution is -0.385. The van der Waals surface area contributed by atoms with E-state index < -0.39 is 22.6 Å². The second-order valence-corrected chi connectivity index (χ2v) is 4.49. The Bertz CT molecular complexity index is 491. The van der Waals surface area contributed by atoms with Crippen molar-refractivity contribution in [3.05, 3.63) is 34.1 Å². The van der Waals surface area contributed by atoms with Gasteiger partial charge in [-0.05, 0) is 12.0 Å². The molecular formula is C12H15FN2O4. The van der Waals surface area contributed by atoms with E-state index in [0.717, 1.165) is 12.1 Å². The molecule has 0 heterocycles. The largest absolute Gasteiger partial charge is 0.481 e. The lowest BCUT2D eigenvalue weighted by Crippen LogP contribution is -2.27. The van der Waals surface area contributed by atoms with E-state index in [1.54, 1.807) is 13.8 Å². The Hall–Kier alpha value is -2.18. The Balaban J connectivity index is 2.78. The fourth-order valence-electron chi connectivity index (χ4n) is 1.59. The molecule has 1 aromatic rings. The highest BCUT2D eigenvalue weighted by molar-refractivity contribution is 5.71. The quantitative estimate of drug-likeness (QED) is 0.612. The molecule has 0 amide bonds. The van der Waals surface area contributed by atoms with Gasteiger partial charge < -0.3 is 10.4 Å². The first kappa shape index (κ1) is 14.9. The Morgan fingerprint density at radius 2 is 2.16 bits per heavy atom. The van der Waals surface area contributed by atoms with Crippen LogP contribution in [0.15, 0.2) is 18.2 Å². The number of anilines is 1. The standard InChI is InChI=1S/C12H15FN2O4/c1-7(2)9(12(16)17)6-14-11-4-3-8(15(18)19)5-10(11)13/h3-5,7,9,14H,6H2,1-2H3,(H,16,17). The number of hydrogen-bond donors (Lipinski definition) is 2. The van der Waals surface area contributed by atoms with Gasteiger partial charge in [0.2, 0.25) is 0 Å². The first-order valence-electron chi connectivity index (χ1n) is 5.73. The molecule has 0 aromatic heterocycles. The van der Waals surface area contributed by atoms with Gasteiger partial charge >= 0.3 is 5.97 Å². The minimum absolute atomic E-state index is 0.0532.